The molecular weight excluding hydrogens is 382 g/mol. The number of rotatable bonds is 5. The molecule has 3 aromatic rings. The van der Waals surface area contributed by atoms with Crippen molar-refractivity contribution in [2.24, 2.45) is 0 Å². The molecule has 0 bridgehead atoms. The van der Waals surface area contributed by atoms with Gasteiger partial charge in [0.15, 0.2) is 12.4 Å². The third kappa shape index (κ3) is 3.29. The van der Waals surface area contributed by atoms with Crippen molar-refractivity contribution < 1.29 is 19.1 Å². The van der Waals surface area contributed by atoms with Crippen LogP contribution in [0.3, 0.4) is 0 Å². The fourth-order valence-electron chi connectivity index (χ4n) is 3.27. The van der Waals surface area contributed by atoms with Crippen LogP contribution in [0.15, 0.2) is 4.79 Å². The first kappa shape index (κ1) is 19.7. The molecule has 0 aliphatic carbocycles. The van der Waals surface area contributed by atoms with Gasteiger partial charge in [-0.3, -0.25) is 14.4 Å². The molecule has 0 fully saturated rings. The van der Waals surface area contributed by atoms with E-state index in [-0.39, 0.29) is 21.9 Å². The van der Waals surface area contributed by atoms with Crippen molar-refractivity contribution in [1.82, 2.24) is 15.0 Å². The number of thiophene rings is 1. The van der Waals surface area contributed by atoms with E-state index in [4.69, 9.17) is 4.74 Å². The summed E-state index contributed by atoms with van der Waals surface area (Å²) in [5.74, 6) is -0.824. The van der Waals surface area contributed by atoms with Gasteiger partial charge in [0.1, 0.15) is 15.5 Å². The minimum absolute atomic E-state index is 0.142. The molecular formula is C19H19N3O5S. The molecule has 3 heterocycles. The summed E-state index contributed by atoms with van der Waals surface area (Å²) in [4.78, 5) is 59.1. The molecule has 0 aromatic carbocycles. The Kier molecular flexibility index (Phi) is 5.03. The van der Waals surface area contributed by atoms with Gasteiger partial charge in [-0.2, -0.15) is 0 Å². The molecule has 2 N–H and O–H groups in total. The number of aromatic amines is 2. The van der Waals surface area contributed by atoms with Crippen molar-refractivity contribution in [3.8, 4) is 0 Å². The number of ether oxygens (including phenoxy) is 1. The Morgan fingerprint density at radius 1 is 1.07 bits per heavy atom. The molecule has 0 aliphatic rings. The monoisotopic (exact) mass is 401 g/mol. The van der Waals surface area contributed by atoms with E-state index in [1.54, 1.807) is 27.7 Å². The Morgan fingerprint density at radius 2 is 1.75 bits per heavy atom. The number of fused-ring (bicyclic) bond motifs is 1. The fraction of sp³-hybridized carbons (Fsp3) is 0.316. The van der Waals surface area contributed by atoms with Crippen LogP contribution >= 0.6 is 11.3 Å². The molecule has 0 aliphatic heterocycles. The van der Waals surface area contributed by atoms with E-state index in [0.717, 1.165) is 11.3 Å². The third-order valence-corrected chi connectivity index (χ3v) is 5.67. The van der Waals surface area contributed by atoms with Crippen molar-refractivity contribution in [3.63, 3.8) is 0 Å². The second kappa shape index (κ2) is 7.16. The molecule has 0 saturated heterocycles. The predicted octanol–water partition coefficient (Wildman–Crippen LogP) is 2.79. The number of Topliss-reactive ketones (excluding diaryl/α,β-unsaturated/α-hetero) is 2. The van der Waals surface area contributed by atoms with Crippen LogP contribution in [-0.4, -0.2) is 39.1 Å². The molecule has 146 valence electrons. The van der Waals surface area contributed by atoms with Crippen molar-refractivity contribution in [2.75, 3.05) is 6.61 Å². The predicted molar refractivity (Wildman–Crippen MR) is 105 cm³/mol. The van der Waals surface area contributed by atoms with Crippen LogP contribution < -0.4 is 5.56 Å². The first-order valence-corrected chi connectivity index (χ1v) is 9.33. The lowest BCUT2D eigenvalue weighted by Gasteiger charge is -2.04. The van der Waals surface area contributed by atoms with E-state index < -0.39 is 18.4 Å². The highest BCUT2D eigenvalue weighted by Crippen LogP contribution is 2.27. The van der Waals surface area contributed by atoms with E-state index >= 15 is 0 Å². The maximum absolute atomic E-state index is 12.5. The summed E-state index contributed by atoms with van der Waals surface area (Å²) in [7, 11) is 0. The number of ketones is 2. The number of carbonyl (C=O) groups is 3. The number of carbonyl (C=O) groups excluding carboxylic acids is 3. The molecule has 0 saturated carbocycles. The molecule has 0 spiro atoms. The lowest BCUT2D eigenvalue weighted by Crippen LogP contribution is -2.15. The highest BCUT2D eigenvalue weighted by Gasteiger charge is 2.23. The van der Waals surface area contributed by atoms with Gasteiger partial charge in [-0.1, -0.05) is 0 Å². The number of aryl methyl sites for hydroxylation is 3. The molecule has 8 nitrogen and oxygen atoms in total. The Bertz CT molecular complexity index is 1200. The van der Waals surface area contributed by atoms with E-state index in [1.165, 1.54) is 6.92 Å². The van der Waals surface area contributed by atoms with Gasteiger partial charge in [-0.05, 0) is 45.7 Å². The minimum Gasteiger partial charge on any atom is -0.453 e. The van der Waals surface area contributed by atoms with Gasteiger partial charge in [-0.25, -0.2) is 9.78 Å². The second-order valence-corrected chi connectivity index (χ2v) is 7.57. The van der Waals surface area contributed by atoms with Crippen molar-refractivity contribution in [2.45, 2.75) is 34.6 Å². The summed E-state index contributed by atoms with van der Waals surface area (Å²) in [6, 6.07) is 0. The van der Waals surface area contributed by atoms with Crippen LogP contribution in [0.4, 0.5) is 0 Å². The first-order chi connectivity index (χ1) is 13.1. The molecule has 0 radical (unpaired) electrons. The van der Waals surface area contributed by atoms with Gasteiger partial charge in [0.2, 0.25) is 5.78 Å². The number of hydrogen-bond acceptors (Lipinski definition) is 7. The van der Waals surface area contributed by atoms with Gasteiger partial charge < -0.3 is 14.7 Å². The molecule has 28 heavy (non-hydrogen) atoms. The van der Waals surface area contributed by atoms with Crippen LogP contribution in [0.5, 0.6) is 0 Å². The largest absolute Gasteiger partial charge is 0.453 e. The maximum Gasteiger partial charge on any atom is 0.349 e. The van der Waals surface area contributed by atoms with E-state index in [2.05, 4.69) is 15.0 Å². The van der Waals surface area contributed by atoms with Crippen molar-refractivity contribution in [1.29, 1.82) is 0 Å². The van der Waals surface area contributed by atoms with Crippen LogP contribution in [-0.2, 0) is 4.74 Å². The standard InChI is InChI=1S/C19H19N3O5S/c1-7-13(10(4)23)9(3)20-15(7)12(24)6-27-19(26)16-8(2)14-17(25)21-11(5)22-18(14)28-16/h20H,6H2,1-5H3,(H,21,22,25). The van der Waals surface area contributed by atoms with Gasteiger partial charge in [0.05, 0.1) is 11.1 Å². The Balaban J connectivity index is 1.82. The zero-order valence-corrected chi connectivity index (χ0v) is 16.9. The van der Waals surface area contributed by atoms with E-state index in [1.807, 2.05) is 0 Å². The third-order valence-electron chi connectivity index (χ3n) is 4.51. The first-order valence-electron chi connectivity index (χ1n) is 8.52. The van der Waals surface area contributed by atoms with Crippen molar-refractivity contribution >= 4 is 39.1 Å². The van der Waals surface area contributed by atoms with Gasteiger partial charge in [0, 0.05) is 11.3 Å². The Morgan fingerprint density at radius 3 is 2.36 bits per heavy atom. The molecule has 9 heteroatoms. The normalized spacial score (nSPS) is 11.0. The van der Waals surface area contributed by atoms with Gasteiger partial charge >= 0.3 is 5.97 Å². The lowest BCUT2D eigenvalue weighted by atomic mass is 10.1. The zero-order chi connectivity index (χ0) is 20.7. The van der Waals surface area contributed by atoms with Crippen LogP contribution in [0, 0.1) is 27.7 Å². The average Bonchev–Trinajstić information content (AvgIpc) is 3.08. The van der Waals surface area contributed by atoms with Crippen LogP contribution in [0.25, 0.3) is 10.2 Å². The SMILES string of the molecule is CC(=O)c1c(C)[nH]c(C(=O)COC(=O)c2sc3nc(C)[nH]c(=O)c3c2C)c1C. The molecule has 3 aromatic heterocycles. The lowest BCUT2D eigenvalue weighted by molar-refractivity contribution is 0.0477. The number of nitrogens with zero attached hydrogens (tertiary/aromatic N) is 1. The van der Waals surface area contributed by atoms with Gasteiger partial charge in [0.25, 0.3) is 5.56 Å². The number of hydrogen-bond donors (Lipinski definition) is 2. The minimum atomic E-state index is -0.696. The zero-order valence-electron chi connectivity index (χ0n) is 16.1. The topological polar surface area (TPSA) is 122 Å². The molecule has 0 amide bonds. The number of esters is 1. The smallest absolute Gasteiger partial charge is 0.349 e. The van der Waals surface area contributed by atoms with E-state index in [9.17, 15) is 19.2 Å². The van der Waals surface area contributed by atoms with Crippen LogP contribution in [0.1, 0.15) is 60.1 Å². The number of aromatic nitrogens is 3. The second-order valence-electron chi connectivity index (χ2n) is 6.57. The Labute approximate surface area is 164 Å². The average molecular weight is 401 g/mol. The van der Waals surface area contributed by atoms with Crippen LogP contribution in [0.2, 0.25) is 0 Å². The summed E-state index contributed by atoms with van der Waals surface area (Å²) in [6.45, 7) is 7.63. The summed E-state index contributed by atoms with van der Waals surface area (Å²) < 4.78 is 5.17. The fourth-order valence-corrected chi connectivity index (χ4v) is 4.39. The number of nitrogens with one attached hydrogen (secondary N) is 2. The summed E-state index contributed by atoms with van der Waals surface area (Å²) in [6.07, 6.45) is 0. The Hall–Kier alpha value is -3.07. The molecule has 0 unspecified atom stereocenters. The summed E-state index contributed by atoms with van der Waals surface area (Å²) >= 11 is 1.05. The summed E-state index contributed by atoms with van der Waals surface area (Å²) in [5, 5.41) is 0.343. The highest BCUT2D eigenvalue weighted by molar-refractivity contribution is 7.20. The quantitative estimate of drug-likeness (QED) is 0.501. The highest BCUT2D eigenvalue weighted by atomic mass is 32.1. The molecule has 3 rings (SSSR count). The molecule has 0 atom stereocenters. The van der Waals surface area contributed by atoms with Gasteiger partial charge in [-0.15, -0.1) is 11.3 Å². The van der Waals surface area contributed by atoms with E-state index in [0.29, 0.717) is 38.4 Å². The maximum atomic E-state index is 12.5. The van der Waals surface area contributed by atoms with Crippen molar-refractivity contribution in [3.05, 3.63) is 49.1 Å². The number of H-pyrrole nitrogens is 2. The summed E-state index contributed by atoms with van der Waals surface area (Å²) in [5.41, 5.74) is 2.00.